The maximum Gasteiger partial charge on any atom is 0.335 e. The first-order valence-electron chi connectivity index (χ1n) is 11.7. The van der Waals surface area contributed by atoms with Crippen molar-refractivity contribution in [3.8, 4) is 11.1 Å². The summed E-state index contributed by atoms with van der Waals surface area (Å²) in [6, 6.07) is 19.6. The van der Waals surface area contributed by atoms with Crippen molar-refractivity contribution in [1.29, 1.82) is 0 Å². The zero-order valence-electron chi connectivity index (χ0n) is 20.7. The summed E-state index contributed by atoms with van der Waals surface area (Å²) in [6.07, 6.45) is 4.00. The van der Waals surface area contributed by atoms with Crippen LogP contribution in [0.5, 0.6) is 0 Å². The van der Waals surface area contributed by atoms with Crippen molar-refractivity contribution in [2.24, 2.45) is 0 Å². The van der Waals surface area contributed by atoms with Crippen LogP contribution in [0.15, 0.2) is 77.2 Å². The van der Waals surface area contributed by atoms with E-state index in [0.29, 0.717) is 0 Å². The van der Waals surface area contributed by atoms with E-state index in [1.807, 2.05) is 24.0 Å². The molecule has 3 aromatic carbocycles. The monoisotopic (exact) mass is 503 g/mol. The van der Waals surface area contributed by atoms with Crippen molar-refractivity contribution >= 4 is 33.5 Å². The molecule has 3 aromatic rings. The van der Waals surface area contributed by atoms with E-state index in [4.69, 9.17) is 0 Å². The van der Waals surface area contributed by atoms with Gasteiger partial charge in [-0.15, -0.1) is 0 Å². The lowest BCUT2D eigenvalue weighted by molar-refractivity contribution is -0.117. The molecule has 0 spiro atoms. The minimum atomic E-state index is -3.26. The fraction of sp³-hybridized carbons (Fsp3) is 0.241. The van der Waals surface area contributed by atoms with Crippen molar-refractivity contribution in [2.45, 2.75) is 44.0 Å². The van der Waals surface area contributed by atoms with E-state index in [0.717, 1.165) is 39.9 Å². The second kappa shape index (κ2) is 9.74. The van der Waals surface area contributed by atoms with E-state index < -0.39 is 15.8 Å². The molecule has 186 valence electrons. The maximum absolute atomic E-state index is 12.5. The highest BCUT2D eigenvalue weighted by atomic mass is 32.2. The molecule has 2 atom stereocenters. The standard InChI is InChI=1S/C29H29NO5S/c1-18(15-21-5-12-25(13-6-21)36(4,34)35)26-16-19(2)30(20(3)31)28-14-11-24(17-27(26)28)22-7-9-23(10-8-22)29(32)33/h5-15,17,19,26H,16H2,1-4H3,(H,32,33). The normalized spacial score (nSPS) is 18.0. The number of sulfone groups is 1. The summed E-state index contributed by atoms with van der Waals surface area (Å²) in [6.45, 7) is 5.68. The minimum Gasteiger partial charge on any atom is -0.478 e. The van der Waals surface area contributed by atoms with Crippen LogP contribution in [0.1, 0.15) is 54.6 Å². The molecular formula is C29H29NO5S. The lowest BCUT2D eigenvalue weighted by atomic mass is 9.80. The molecule has 0 saturated carbocycles. The number of hydrogen-bond acceptors (Lipinski definition) is 4. The van der Waals surface area contributed by atoms with Crippen molar-refractivity contribution in [3.63, 3.8) is 0 Å². The predicted octanol–water partition coefficient (Wildman–Crippen LogP) is 5.79. The van der Waals surface area contributed by atoms with Crippen LogP contribution in [-0.4, -0.2) is 37.7 Å². The van der Waals surface area contributed by atoms with Crippen molar-refractivity contribution in [3.05, 3.63) is 89.0 Å². The molecule has 0 fully saturated rings. The first kappa shape index (κ1) is 25.4. The van der Waals surface area contributed by atoms with Crippen LogP contribution < -0.4 is 4.90 Å². The number of rotatable bonds is 5. The number of carboxylic acids is 1. The smallest absolute Gasteiger partial charge is 0.335 e. The third-order valence-electron chi connectivity index (χ3n) is 6.74. The Kier molecular flexibility index (Phi) is 6.87. The van der Waals surface area contributed by atoms with Gasteiger partial charge in [0.05, 0.1) is 10.5 Å². The quantitative estimate of drug-likeness (QED) is 0.476. The van der Waals surface area contributed by atoms with Crippen LogP contribution in [0, 0.1) is 0 Å². The molecule has 1 aliphatic heterocycles. The molecular weight excluding hydrogens is 474 g/mol. The van der Waals surface area contributed by atoms with E-state index in [-0.39, 0.29) is 28.3 Å². The van der Waals surface area contributed by atoms with Crippen molar-refractivity contribution < 1.29 is 23.1 Å². The Bertz CT molecular complexity index is 1450. The first-order chi connectivity index (χ1) is 17.0. The third-order valence-corrected chi connectivity index (χ3v) is 7.87. The summed E-state index contributed by atoms with van der Waals surface area (Å²) in [4.78, 5) is 25.9. The number of anilines is 1. The van der Waals surface area contributed by atoms with E-state index in [1.165, 1.54) is 6.26 Å². The number of aromatic carboxylic acids is 1. The third kappa shape index (κ3) is 5.11. The number of carbonyl (C=O) groups excluding carboxylic acids is 1. The molecule has 1 heterocycles. The number of allylic oxidation sites excluding steroid dienone is 1. The summed E-state index contributed by atoms with van der Waals surface area (Å²) in [7, 11) is -3.26. The summed E-state index contributed by atoms with van der Waals surface area (Å²) >= 11 is 0. The zero-order valence-corrected chi connectivity index (χ0v) is 21.5. The Morgan fingerprint density at radius 3 is 2.11 bits per heavy atom. The van der Waals surface area contributed by atoms with Gasteiger partial charge in [-0.1, -0.05) is 42.0 Å². The summed E-state index contributed by atoms with van der Waals surface area (Å²) in [5.74, 6) is -0.930. The van der Waals surface area contributed by atoms with Crippen molar-refractivity contribution in [1.82, 2.24) is 0 Å². The number of hydrogen-bond donors (Lipinski definition) is 1. The molecule has 0 bridgehead atoms. The Balaban J connectivity index is 1.77. The van der Waals surface area contributed by atoms with E-state index in [1.54, 1.807) is 55.5 Å². The van der Waals surface area contributed by atoms with Crippen LogP contribution in [0.25, 0.3) is 17.2 Å². The summed E-state index contributed by atoms with van der Waals surface area (Å²) in [5, 5.41) is 9.21. The van der Waals surface area contributed by atoms with Gasteiger partial charge in [0, 0.05) is 30.8 Å². The fourth-order valence-corrected chi connectivity index (χ4v) is 5.57. The Labute approximate surface area is 211 Å². The van der Waals surface area contributed by atoms with Gasteiger partial charge < -0.3 is 10.0 Å². The van der Waals surface area contributed by atoms with Gasteiger partial charge in [-0.2, -0.15) is 0 Å². The molecule has 6 nitrogen and oxygen atoms in total. The highest BCUT2D eigenvalue weighted by molar-refractivity contribution is 7.90. The number of nitrogens with zero attached hydrogens (tertiary/aromatic N) is 1. The lowest BCUT2D eigenvalue weighted by Crippen LogP contribution is -2.42. The van der Waals surface area contributed by atoms with E-state index in [2.05, 4.69) is 19.1 Å². The number of carboxylic acid groups (broad SMARTS) is 1. The molecule has 36 heavy (non-hydrogen) atoms. The van der Waals surface area contributed by atoms with Gasteiger partial charge in [0.15, 0.2) is 9.84 Å². The summed E-state index contributed by atoms with van der Waals surface area (Å²) < 4.78 is 23.6. The highest BCUT2D eigenvalue weighted by Crippen LogP contribution is 2.44. The minimum absolute atomic E-state index is 0.0108. The average molecular weight is 504 g/mol. The molecule has 2 unspecified atom stereocenters. The van der Waals surface area contributed by atoms with Crippen LogP contribution in [-0.2, 0) is 14.6 Å². The average Bonchev–Trinajstić information content (AvgIpc) is 2.82. The van der Waals surface area contributed by atoms with Crippen LogP contribution in [0.3, 0.4) is 0 Å². The largest absolute Gasteiger partial charge is 0.478 e. The van der Waals surface area contributed by atoms with Gasteiger partial charge in [-0.25, -0.2) is 13.2 Å². The Morgan fingerprint density at radius 2 is 1.56 bits per heavy atom. The van der Waals surface area contributed by atoms with Crippen LogP contribution >= 0.6 is 0 Å². The molecule has 0 saturated heterocycles. The molecule has 1 N–H and O–H groups in total. The second-order valence-electron chi connectivity index (χ2n) is 9.41. The second-order valence-corrected chi connectivity index (χ2v) is 11.4. The molecule has 0 aliphatic carbocycles. The van der Waals surface area contributed by atoms with Gasteiger partial charge in [0.2, 0.25) is 5.91 Å². The first-order valence-corrected chi connectivity index (χ1v) is 13.6. The maximum atomic E-state index is 12.5. The fourth-order valence-electron chi connectivity index (χ4n) is 4.93. The van der Waals surface area contributed by atoms with Gasteiger partial charge in [-0.05, 0) is 78.9 Å². The molecule has 0 radical (unpaired) electrons. The van der Waals surface area contributed by atoms with Gasteiger partial charge in [0.25, 0.3) is 0 Å². The molecule has 7 heteroatoms. The number of benzene rings is 3. The topological polar surface area (TPSA) is 91.8 Å². The van der Waals surface area contributed by atoms with Crippen LogP contribution in [0.2, 0.25) is 0 Å². The summed E-state index contributed by atoms with van der Waals surface area (Å²) in [5.41, 5.74) is 5.99. The lowest BCUT2D eigenvalue weighted by Gasteiger charge is -2.39. The number of amides is 1. The predicted molar refractivity (Wildman–Crippen MR) is 142 cm³/mol. The SMILES string of the molecule is CC(=O)N1c2ccc(-c3ccc(C(=O)O)cc3)cc2C(C(C)=Cc2ccc(S(C)(=O)=O)cc2)CC1C. The molecule has 0 aromatic heterocycles. The molecule has 1 aliphatic rings. The van der Waals surface area contributed by atoms with E-state index >= 15 is 0 Å². The molecule has 1 amide bonds. The van der Waals surface area contributed by atoms with Gasteiger partial charge >= 0.3 is 5.97 Å². The number of carbonyl (C=O) groups is 2. The molecule has 4 rings (SSSR count). The Morgan fingerprint density at radius 1 is 0.944 bits per heavy atom. The Hall–Kier alpha value is -3.71. The number of fused-ring (bicyclic) bond motifs is 1. The van der Waals surface area contributed by atoms with Gasteiger partial charge in [0.1, 0.15) is 0 Å². The van der Waals surface area contributed by atoms with Crippen LogP contribution in [0.4, 0.5) is 5.69 Å². The van der Waals surface area contributed by atoms with Gasteiger partial charge in [-0.3, -0.25) is 4.79 Å². The zero-order chi connectivity index (χ0) is 26.2. The van der Waals surface area contributed by atoms with E-state index in [9.17, 15) is 23.1 Å². The van der Waals surface area contributed by atoms with Crippen molar-refractivity contribution in [2.75, 3.05) is 11.2 Å². The highest BCUT2D eigenvalue weighted by Gasteiger charge is 2.33.